The Balaban J connectivity index is 4.07. The number of halogens is 1. The first kappa shape index (κ1) is 9.38. The molecule has 5 nitrogen and oxygen atoms in total. The number of alkyl halides is 1. The lowest BCUT2D eigenvalue weighted by molar-refractivity contribution is -0.144. The van der Waals surface area contributed by atoms with Crippen molar-refractivity contribution < 1.29 is 19.8 Å². The molecular weight excluding hydrogens is 206 g/mol. The summed E-state index contributed by atoms with van der Waals surface area (Å²) in [6.07, 6.45) is 0. The van der Waals surface area contributed by atoms with Gasteiger partial charge in [-0.25, -0.2) is 0 Å². The number of carboxylic acids is 2. The highest BCUT2D eigenvalue weighted by Crippen LogP contribution is 2.03. The third kappa shape index (κ3) is 2.32. The van der Waals surface area contributed by atoms with Crippen molar-refractivity contribution >= 4 is 27.9 Å². The molecular formula is C4H6BrNO4. The van der Waals surface area contributed by atoms with E-state index in [1.54, 1.807) is 0 Å². The van der Waals surface area contributed by atoms with E-state index in [2.05, 4.69) is 15.9 Å². The minimum Gasteiger partial charge on any atom is -0.480 e. The Kier molecular flexibility index (Phi) is 3.31. The fraction of sp³-hybridized carbons (Fsp3) is 0.500. The van der Waals surface area contributed by atoms with Crippen LogP contribution in [0, 0.1) is 0 Å². The molecule has 58 valence electrons. The summed E-state index contributed by atoms with van der Waals surface area (Å²) in [5.74, 6) is -2.63. The van der Waals surface area contributed by atoms with Crippen molar-refractivity contribution in [1.29, 1.82) is 0 Å². The zero-order valence-corrected chi connectivity index (χ0v) is 6.41. The molecule has 6 heteroatoms. The highest BCUT2D eigenvalue weighted by molar-refractivity contribution is 9.10. The molecule has 0 saturated heterocycles. The number of aliphatic carboxylic acids is 2. The standard InChI is InChI=1S/C4H6BrNO4/c5-1(3(7)8)2(6)4(9)10/h1-2H,6H2,(H,7,8)(H,9,10). The van der Waals surface area contributed by atoms with Gasteiger partial charge in [0.25, 0.3) is 0 Å². The van der Waals surface area contributed by atoms with Crippen LogP contribution in [0.2, 0.25) is 0 Å². The minimum absolute atomic E-state index is 1.23. The van der Waals surface area contributed by atoms with Crippen LogP contribution in [0.4, 0.5) is 0 Å². The van der Waals surface area contributed by atoms with Crippen molar-refractivity contribution in [3.8, 4) is 0 Å². The van der Waals surface area contributed by atoms with Gasteiger partial charge in [0.2, 0.25) is 0 Å². The van der Waals surface area contributed by atoms with Crippen LogP contribution in [-0.4, -0.2) is 33.0 Å². The Hall–Kier alpha value is -0.620. The molecule has 0 fully saturated rings. The predicted molar refractivity (Wildman–Crippen MR) is 36.0 cm³/mol. The molecule has 0 amide bonds. The van der Waals surface area contributed by atoms with E-state index in [0.717, 1.165) is 0 Å². The first-order valence-electron chi connectivity index (χ1n) is 2.32. The number of hydrogen-bond donors (Lipinski definition) is 3. The van der Waals surface area contributed by atoms with Gasteiger partial charge in [0.05, 0.1) is 0 Å². The number of carbonyl (C=O) groups is 2. The number of carboxylic acid groups (broad SMARTS) is 2. The van der Waals surface area contributed by atoms with Gasteiger partial charge >= 0.3 is 11.9 Å². The third-order valence-corrected chi connectivity index (χ3v) is 1.80. The summed E-state index contributed by atoms with van der Waals surface area (Å²) in [5, 5.41) is 16.4. The Labute approximate surface area is 65.0 Å². The molecule has 0 radical (unpaired) electrons. The maximum absolute atomic E-state index is 10.1. The van der Waals surface area contributed by atoms with E-state index in [1.807, 2.05) is 0 Å². The second-order valence-electron chi connectivity index (χ2n) is 1.60. The summed E-state index contributed by atoms with van der Waals surface area (Å²) in [4.78, 5) is 18.9. The molecule has 4 N–H and O–H groups in total. The molecule has 0 aliphatic rings. The molecule has 0 rings (SSSR count). The fourth-order valence-electron chi connectivity index (χ4n) is 0.279. The topological polar surface area (TPSA) is 101 Å². The van der Waals surface area contributed by atoms with E-state index in [-0.39, 0.29) is 0 Å². The lowest BCUT2D eigenvalue weighted by atomic mass is 10.2. The number of nitrogens with two attached hydrogens (primary N) is 1. The van der Waals surface area contributed by atoms with Crippen LogP contribution in [0.25, 0.3) is 0 Å². The minimum atomic E-state index is -1.41. The maximum Gasteiger partial charge on any atom is 0.322 e. The van der Waals surface area contributed by atoms with Crippen LogP contribution in [0.5, 0.6) is 0 Å². The Morgan fingerprint density at radius 1 is 1.30 bits per heavy atom. The lowest BCUT2D eigenvalue weighted by Gasteiger charge is -2.07. The van der Waals surface area contributed by atoms with Crippen LogP contribution in [0.3, 0.4) is 0 Å². The molecule has 0 aliphatic carbocycles. The molecule has 0 bridgehead atoms. The summed E-state index contributed by atoms with van der Waals surface area (Å²) in [5.41, 5.74) is 4.93. The van der Waals surface area contributed by atoms with Gasteiger partial charge in [0, 0.05) is 0 Å². The smallest absolute Gasteiger partial charge is 0.322 e. The van der Waals surface area contributed by atoms with Gasteiger partial charge in [0.1, 0.15) is 10.9 Å². The van der Waals surface area contributed by atoms with Crippen molar-refractivity contribution in [2.75, 3.05) is 0 Å². The first-order valence-corrected chi connectivity index (χ1v) is 3.23. The van der Waals surface area contributed by atoms with E-state index in [0.29, 0.717) is 0 Å². The Bertz CT molecular complexity index is 141. The summed E-state index contributed by atoms with van der Waals surface area (Å²) in [7, 11) is 0. The van der Waals surface area contributed by atoms with E-state index in [1.165, 1.54) is 0 Å². The van der Waals surface area contributed by atoms with Crippen LogP contribution < -0.4 is 5.73 Å². The van der Waals surface area contributed by atoms with Crippen molar-refractivity contribution in [3.63, 3.8) is 0 Å². The van der Waals surface area contributed by atoms with Gasteiger partial charge < -0.3 is 15.9 Å². The highest BCUT2D eigenvalue weighted by atomic mass is 79.9. The largest absolute Gasteiger partial charge is 0.480 e. The average molecular weight is 212 g/mol. The van der Waals surface area contributed by atoms with Gasteiger partial charge in [0.15, 0.2) is 0 Å². The van der Waals surface area contributed by atoms with Crippen LogP contribution in [-0.2, 0) is 9.59 Å². The van der Waals surface area contributed by atoms with E-state index >= 15 is 0 Å². The molecule has 0 aromatic carbocycles. The van der Waals surface area contributed by atoms with Crippen LogP contribution in [0.1, 0.15) is 0 Å². The second-order valence-corrected chi connectivity index (χ2v) is 2.59. The van der Waals surface area contributed by atoms with E-state index in [9.17, 15) is 9.59 Å². The molecule has 2 atom stereocenters. The van der Waals surface area contributed by atoms with Gasteiger partial charge in [-0.1, -0.05) is 15.9 Å². The molecule has 0 aliphatic heterocycles. The van der Waals surface area contributed by atoms with Gasteiger partial charge in [-0.15, -0.1) is 0 Å². The van der Waals surface area contributed by atoms with Crippen molar-refractivity contribution in [2.24, 2.45) is 5.73 Å². The van der Waals surface area contributed by atoms with Crippen molar-refractivity contribution in [3.05, 3.63) is 0 Å². The predicted octanol–water partition coefficient (Wildman–Crippen LogP) is -0.754. The van der Waals surface area contributed by atoms with Crippen molar-refractivity contribution in [2.45, 2.75) is 10.9 Å². The van der Waals surface area contributed by atoms with Crippen LogP contribution >= 0.6 is 15.9 Å². The van der Waals surface area contributed by atoms with Crippen LogP contribution in [0.15, 0.2) is 0 Å². The van der Waals surface area contributed by atoms with E-state index in [4.69, 9.17) is 15.9 Å². The first-order chi connectivity index (χ1) is 4.46. The molecule has 0 aromatic rings. The molecule has 10 heavy (non-hydrogen) atoms. The molecule has 0 aromatic heterocycles. The third-order valence-electron chi connectivity index (χ3n) is 0.836. The normalized spacial score (nSPS) is 15.8. The summed E-state index contributed by atoms with van der Waals surface area (Å²) < 4.78 is 0. The summed E-state index contributed by atoms with van der Waals surface area (Å²) in [6, 6.07) is -1.41. The zero-order chi connectivity index (χ0) is 8.31. The maximum atomic E-state index is 10.1. The van der Waals surface area contributed by atoms with Crippen molar-refractivity contribution in [1.82, 2.24) is 0 Å². The SMILES string of the molecule is NC(C(=O)O)C(Br)C(=O)O. The molecule has 0 spiro atoms. The van der Waals surface area contributed by atoms with E-state index < -0.39 is 22.8 Å². The second kappa shape index (κ2) is 3.52. The Morgan fingerprint density at radius 2 is 1.70 bits per heavy atom. The number of rotatable bonds is 3. The lowest BCUT2D eigenvalue weighted by Crippen LogP contribution is -2.42. The summed E-state index contributed by atoms with van der Waals surface area (Å²) in [6.45, 7) is 0. The monoisotopic (exact) mass is 211 g/mol. The van der Waals surface area contributed by atoms with Gasteiger partial charge in [-0.05, 0) is 0 Å². The van der Waals surface area contributed by atoms with Gasteiger partial charge in [-0.2, -0.15) is 0 Å². The average Bonchev–Trinajstić information content (AvgIpc) is 1.84. The molecule has 2 unspecified atom stereocenters. The Morgan fingerprint density at radius 3 is 1.80 bits per heavy atom. The zero-order valence-electron chi connectivity index (χ0n) is 4.82. The molecule has 0 saturated carbocycles. The van der Waals surface area contributed by atoms with Gasteiger partial charge in [-0.3, -0.25) is 9.59 Å². The molecule has 0 heterocycles. The summed E-state index contributed by atoms with van der Waals surface area (Å²) >= 11 is 2.60. The highest BCUT2D eigenvalue weighted by Gasteiger charge is 2.27. The quantitative estimate of drug-likeness (QED) is 0.534. The fourth-order valence-corrected chi connectivity index (χ4v) is 0.505. The number of hydrogen-bond acceptors (Lipinski definition) is 3.